The molecule has 1 amide bonds. The second kappa shape index (κ2) is 6.89. The average molecular weight is 250 g/mol. The standard InChI is InChI=1S/C14H22N2O2/c1-11(2)10-18-13-8-6-5-7-12(13)15-9-14(17)16(3)4/h5-8,11,15H,9-10H2,1-4H3. The van der Waals surface area contributed by atoms with Crippen molar-refractivity contribution in [3.8, 4) is 5.75 Å². The van der Waals surface area contributed by atoms with Crippen LogP contribution in [0.5, 0.6) is 5.75 Å². The fourth-order valence-electron chi connectivity index (χ4n) is 1.32. The minimum absolute atomic E-state index is 0.0358. The van der Waals surface area contributed by atoms with Crippen LogP contribution in [0.4, 0.5) is 5.69 Å². The first-order valence-electron chi connectivity index (χ1n) is 6.16. The van der Waals surface area contributed by atoms with E-state index in [2.05, 4.69) is 19.2 Å². The zero-order valence-electron chi connectivity index (χ0n) is 11.6. The smallest absolute Gasteiger partial charge is 0.241 e. The highest BCUT2D eigenvalue weighted by atomic mass is 16.5. The van der Waals surface area contributed by atoms with Gasteiger partial charge in [0.1, 0.15) is 5.75 Å². The molecule has 0 spiro atoms. The lowest BCUT2D eigenvalue weighted by Crippen LogP contribution is -2.28. The number of nitrogens with one attached hydrogen (secondary N) is 1. The molecular weight excluding hydrogens is 228 g/mol. The molecule has 1 aromatic carbocycles. The topological polar surface area (TPSA) is 41.6 Å². The van der Waals surface area contributed by atoms with Crippen molar-refractivity contribution >= 4 is 11.6 Å². The highest BCUT2D eigenvalue weighted by Crippen LogP contribution is 2.23. The summed E-state index contributed by atoms with van der Waals surface area (Å²) in [5.41, 5.74) is 0.855. The Balaban J connectivity index is 2.61. The number of anilines is 1. The summed E-state index contributed by atoms with van der Waals surface area (Å²) in [4.78, 5) is 13.1. The largest absolute Gasteiger partial charge is 0.491 e. The molecule has 0 heterocycles. The van der Waals surface area contributed by atoms with Crippen LogP contribution in [0.3, 0.4) is 0 Å². The summed E-state index contributed by atoms with van der Waals surface area (Å²) in [7, 11) is 3.48. The van der Waals surface area contributed by atoms with Crippen LogP contribution in [0.1, 0.15) is 13.8 Å². The number of para-hydroxylation sites is 2. The molecule has 4 nitrogen and oxygen atoms in total. The van der Waals surface area contributed by atoms with Crippen molar-refractivity contribution < 1.29 is 9.53 Å². The minimum atomic E-state index is 0.0358. The third-order valence-corrected chi connectivity index (χ3v) is 2.39. The molecule has 0 saturated carbocycles. The van der Waals surface area contributed by atoms with Crippen molar-refractivity contribution in [2.75, 3.05) is 32.6 Å². The summed E-state index contributed by atoms with van der Waals surface area (Å²) >= 11 is 0. The molecule has 0 saturated heterocycles. The van der Waals surface area contributed by atoms with E-state index in [-0.39, 0.29) is 12.5 Å². The van der Waals surface area contributed by atoms with Gasteiger partial charge in [-0.25, -0.2) is 0 Å². The van der Waals surface area contributed by atoms with Gasteiger partial charge in [-0.15, -0.1) is 0 Å². The second-order valence-electron chi connectivity index (χ2n) is 4.84. The minimum Gasteiger partial charge on any atom is -0.491 e. The van der Waals surface area contributed by atoms with Crippen LogP contribution >= 0.6 is 0 Å². The van der Waals surface area contributed by atoms with Crippen molar-refractivity contribution in [2.45, 2.75) is 13.8 Å². The number of likely N-dealkylation sites (N-methyl/N-ethyl adjacent to an activating group) is 1. The Morgan fingerprint density at radius 2 is 2.00 bits per heavy atom. The Kier molecular flexibility index (Phi) is 5.49. The summed E-state index contributed by atoms with van der Waals surface area (Å²) in [5.74, 6) is 1.30. The molecule has 1 N–H and O–H groups in total. The van der Waals surface area contributed by atoms with Crippen LogP contribution in [-0.2, 0) is 4.79 Å². The molecule has 100 valence electrons. The van der Waals surface area contributed by atoms with Gasteiger partial charge < -0.3 is 15.0 Å². The molecule has 0 aliphatic heterocycles. The predicted octanol–water partition coefficient (Wildman–Crippen LogP) is 2.22. The van der Waals surface area contributed by atoms with Crippen molar-refractivity contribution in [3.05, 3.63) is 24.3 Å². The van der Waals surface area contributed by atoms with Gasteiger partial charge in [0.05, 0.1) is 18.8 Å². The molecule has 0 radical (unpaired) electrons. The fraction of sp³-hybridized carbons (Fsp3) is 0.500. The summed E-state index contributed by atoms with van der Waals surface area (Å²) in [6.07, 6.45) is 0. The Morgan fingerprint density at radius 1 is 1.33 bits per heavy atom. The summed E-state index contributed by atoms with van der Waals surface area (Å²) in [6.45, 7) is 5.15. The van der Waals surface area contributed by atoms with E-state index < -0.39 is 0 Å². The Labute approximate surface area is 109 Å². The van der Waals surface area contributed by atoms with E-state index in [1.54, 1.807) is 19.0 Å². The van der Waals surface area contributed by atoms with Gasteiger partial charge >= 0.3 is 0 Å². The van der Waals surface area contributed by atoms with Crippen molar-refractivity contribution in [3.63, 3.8) is 0 Å². The van der Waals surface area contributed by atoms with Gasteiger partial charge in [-0.2, -0.15) is 0 Å². The van der Waals surface area contributed by atoms with Crippen LogP contribution in [0, 0.1) is 5.92 Å². The van der Waals surface area contributed by atoms with E-state index >= 15 is 0 Å². The lowest BCUT2D eigenvalue weighted by molar-refractivity contribution is -0.126. The maximum atomic E-state index is 11.5. The first kappa shape index (κ1) is 14.4. The van der Waals surface area contributed by atoms with Crippen LogP contribution in [0.15, 0.2) is 24.3 Å². The molecule has 4 heteroatoms. The number of amides is 1. The molecule has 18 heavy (non-hydrogen) atoms. The molecule has 0 atom stereocenters. The number of hydrogen-bond acceptors (Lipinski definition) is 3. The van der Waals surface area contributed by atoms with E-state index in [4.69, 9.17) is 4.74 Å². The molecule has 0 bridgehead atoms. The molecule has 1 rings (SSSR count). The van der Waals surface area contributed by atoms with E-state index in [0.29, 0.717) is 12.5 Å². The second-order valence-corrected chi connectivity index (χ2v) is 4.84. The van der Waals surface area contributed by atoms with Gasteiger partial charge in [0, 0.05) is 14.1 Å². The fourth-order valence-corrected chi connectivity index (χ4v) is 1.32. The van der Waals surface area contributed by atoms with Gasteiger partial charge in [-0.3, -0.25) is 4.79 Å². The van der Waals surface area contributed by atoms with Crippen molar-refractivity contribution in [2.24, 2.45) is 5.92 Å². The third-order valence-electron chi connectivity index (χ3n) is 2.39. The Hall–Kier alpha value is -1.71. The quantitative estimate of drug-likeness (QED) is 0.841. The summed E-state index contributed by atoms with van der Waals surface area (Å²) < 4.78 is 5.70. The first-order chi connectivity index (χ1) is 8.50. The van der Waals surface area contributed by atoms with Crippen LogP contribution in [-0.4, -0.2) is 38.1 Å². The van der Waals surface area contributed by atoms with E-state index in [1.807, 2.05) is 24.3 Å². The van der Waals surface area contributed by atoms with E-state index in [1.165, 1.54) is 0 Å². The molecule has 1 aromatic rings. The first-order valence-corrected chi connectivity index (χ1v) is 6.16. The van der Waals surface area contributed by atoms with Gasteiger partial charge in [0.15, 0.2) is 0 Å². The van der Waals surface area contributed by atoms with Gasteiger partial charge in [0.2, 0.25) is 5.91 Å². The van der Waals surface area contributed by atoms with Crippen LogP contribution in [0.2, 0.25) is 0 Å². The van der Waals surface area contributed by atoms with Crippen molar-refractivity contribution in [1.29, 1.82) is 0 Å². The lowest BCUT2D eigenvalue weighted by Gasteiger charge is -2.15. The monoisotopic (exact) mass is 250 g/mol. The maximum absolute atomic E-state index is 11.5. The number of ether oxygens (including phenoxy) is 1. The zero-order chi connectivity index (χ0) is 13.5. The molecule has 0 aliphatic rings. The van der Waals surface area contributed by atoms with Crippen LogP contribution in [0.25, 0.3) is 0 Å². The summed E-state index contributed by atoms with van der Waals surface area (Å²) in [6, 6.07) is 7.67. The van der Waals surface area contributed by atoms with Gasteiger partial charge in [-0.1, -0.05) is 26.0 Å². The highest BCUT2D eigenvalue weighted by molar-refractivity contribution is 5.80. The van der Waals surface area contributed by atoms with Gasteiger partial charge in [0.25, 0.3) is 0 Å². The highest BCUT2D eigenvalue weighted by Gasteiger charge is 2.07. The number of carbonyl (C=O) groups excluding carboxylic acids is 1. The average Bonchev–Trinajstić information content (AvgIpc) is 2.34. The number of hydrogen-bond donors (Lipinski definition) is 1. The molecule has 0 fully saturated rings. The number of benzene rings is 1. The summed E-state index contributed by atoms with van der Waals surface area (Å²) in [5, 5.41) is 3.10. The molecule has 0 aromatic heterocycles. The zero-order valence-corrected chi connectivity index (χ0v) is 11.6. The Bertz CT molecular complexity index is 389. The van der Waals surface area contributed by atoms with E-state index in [0.717, 1.165) is 11.4 Å². The number of nitrogens with zero attached hydrogens (tertiary/aromatic N) is 1. The normalized spacial score (nSPS) is 10.3. The SMILES string of the molecule is CC(C)COc1ccccc1NCC(=O)N(C)C. The van der Waals surface area contributed by atoms with Gasteiger partial charge in [-0.05, 0) is 18.1 Å². The van der Waals surface area contributed by atoms with E-state index in [9.17, 15) is 4.79 Å². The maximum Gasteiger partial charge on any atom is 0.241 e. The molecule has 0 unspecified atom stereocenters. The molecule has 0 aliphatic carbocycles. The third kappa shape index (κ3) is 4.65. The molecular formula is C14H22N2O2. The Morgan fingerprint density at radius 3 is 2.61 bits per heavy atom. The number of rotatable bonds is 6. The predicted molar refractivity (Wildman–Crippen MR) is 74.0 cm³/mol. The van der Waals surface area contributed by atoms with Crippen molar-refractivity contribution in [1.82, 2.24) is 4.90 Å². The van der Waals surface area contributed by atoms with Crippen LogP contribution < -0.4 is 10.1 Å². The lowest BCUT2D eigenvalue weighted by atomic mass is 10.2. The number of carbonyl (C=O) groups is 1.